The average Bonchev–Trinajstić information content (AvgIpc) is 3.44. The Labute approximate surface area is 206 Å². The van der Waals surface area contributed by atoms with Gasteiger partial charge in [0, 0.05) is 24.5 Å². The summed E-state index contributed by atoms with van der Waals surface area (Å²) in [6, 6.07) is 8.90. The molecule has 2 aromatic heterocycles. The molecule has 4 rings (SSSR count). The van der Waals surface area contributed by atoms with Crippen LogP contribution >= 0.6 is 11.6 Å². The van der Waals surface area contributed by atoms with Crippen molar-refractivity contribution < 1.29 is 19.4 Å². The first-order valence-electron chi connectivity index (χ1n) is 10.7. The largest absolute Gasteiger partial charge is 0.493 e. The fourth-order valence-corrected chi connectivity index (χ4v) is 3.51. The van der Waals surface area contributed by atoms with Crippen molar-refractivity contribution in [1.82, 2.24) is 30.3 Å². The lowest BCUT2D eigenvalue weighted by Gasteiger charge is -2.18. The minimum absolute atomic E-state index is 0.119. The molecule has 0 radical (unpaired) electrons. The quantitative estimate of drug-likeness (QED) is 0.275. The number of aromatic amines is 1. The zero-order chi connectivity index (χ0) is 25.2. The second kappa shape index (κ2) is 9.80. The minimum atomic E-state index is -1.00. The summed E-state index contributed by atoms with van der Waals surface area (Å²) in [7, 11) is 3.28. The maximum Gasteiger partial charge on any atom is 0.258 e. The van der Waals surface area contributed by atoms with Gasteiger partial charge in [0.1, 0.15) is 0 Å². The lowest BCUT2D eigenvalue weighted by atomic mass is 10.1. The average molecular weight is 500 g/mol. The Bertz CT molecular complexity index is 1360. The summed E-state index contributed by atoms with van der Waals surface area (Å²) in [6.07, 6.45) is 1.66. The van der Waals surface area contributed by atoms with E-state index in [0.717, 1.165) is 10.9 Å². The van der Waals surface area contributed by atoms with Crippen LogP contribution in [0.1, 0.15) is 13.8 Å². The number of aryl methyl sites for hydroxylation is 1. The van der Waals surface area contributed by atoms with Crippen LogP contribution < -0.4 is 20.1 Å². The van der Waals surface area contributed by atoms with Crippen LogP contribution in [0.5, 0.6) is 11.5 Å². The van der Waals surface area contributed by atoms with E-state index < -0.39 is 5.60 Å². The molecule has 1 amide bonds. The second-order valence-electron chi connectivity index (χ2n) is 8.51. The number of halogens is 1. The van der Waals surface area contributed by atoms with Crippen LogP contribution in [0.15, 0.2) is 36.5 Å². The van der Waals surface area contributed by atoms with Gasteiger partial charge in [-0.25, -0.2) is 4.68 Å². The van der Waals surface area contributed by atoms with Crippen molar-refractivity contribution in [2.24, 2.45) is 7.05 Å². The number of aliphatic hydroxyl groups is 1. The topological polar surface area (TPSA) is 139 Å². The second-order valence-corrected chi connectivity index (χ2v) is 8.89. The molecule has 0 unspecified atom stereocenters. The van der Waals surface area contributed by atoms with Gasteiger partial charge in [-0.15, -0.1) is 5.10 Å². The molecule has 0 saturated carbocycles. The Morgan fingerprint density at radius 2 is 2.06 bits per heavy atom. The molecule has 0 aliphatic carbocycles. The molecular formula is C23H26ClN7O4. The van der Waals surface area contributed by atoms with Crippen molar-refractivity contribution >= 4 is 40.0 Å². The highest BCUT2D eigenvalue weighted by Gasteiger charge is 2.17. The lowest BCUT2D eigenvalue weighted by molar-refractivity contribution is -0.124. The molecule has 35 heavy (non-hydrogen) atoms. The van der Waals surface area contributed by atoms with Gasteiger partial charge in [0.05, 0.1) is 35.1 Å². The molecule has 184 valence electrons. The highest BCUT2D eigenvalue weighted by atomic mass is 35.5. The molecule has 0 fully saturated rings. The van der Waals surface area contributed by atoms with E-state index in [0.29, 0.717) is 39.5 Å². The number of fused-ring (bicyclic) bond motifs is 1. The van der Waals surface area contributed by atoms with Gasteiger partial charge in [0.25, 0.3) is 5.91 Å². The number of amides is 1. The number of anilines is 2. The molecular weight excluding hydrogens is 474 g/mol. The standard InChI is InChI=1S/C23H26ClN7O4/c1-23(2,33)12-25-19(32)11-35-17-8-5-13(9-18(17)34-4)21-28-22(31(3)30-21)27-16-7-6-15-14(20(16)24)10-26-29-15/h5-10,33H,11-12H2,1-4H3,(H,25,32)(H,26,29)(H,27,28,30). The smallest absolute Gasteiger partial charge is 0.258 e. The predicted molar refractivity (Wildman–Crippen MR) is 132 cm³/mol. The normalized spacial score (nSPS) is 11.5. The molecule has 0 bridgehead atoms. The van der Waals surface area contributed by atoms with E-state index in [9.17, 15) is 9.90 Å². The molecule has 2 aromatic carbocycles. The van der Waals surface area contributed by atoms with E-state index in [1.807, 2.05) is 12.1 Å². The van der Waals surface area contributed by atoms with Gasteiger partial charge >= 0.3 is 0 Å². The van der Waals surface area contributed by atoms with E-state index in [2.05, 4.69) is 30.9 Å². The summed E-state index contributed by atoms with van der Waals surface area (Å²) in [5, 5.41) is 28.2. The van der Waals surface area contributed by atoms with Crippen LogP contribution in [0.2, 0.25) is 5.02 Å². The Morgan fingerprint density at radius 1 is 1.26 bits per heavy atom. The maximum atomic E-state index is 12.0. The van der Waals surface area contributed by atoms with Crippen LogP contribution in [0.25, 0.3) is 22.3 Å². The van der Waals surface area contributed by atoms with Crippen molar-refractivity contribution in [2.45, 2.75) is 19.4 Å². The van der Waals surface area contributed by atoms with Gasteiger partial charge in [-0.05, 0) is 44.2 Å². The zero-order valence-corrected chi connectivity index (χ0v) is 20.5. The highest BCUT2D eigenvalue weighted by Crippen LogP contribution is 2.34. The van der Waals surface area contributed by atoms with Crippen molar-refractivity contribution in [2.75, 3.05) is 25.6 Å². The van der Waals surface area contributed by atoms with Crippen LogP contribution in [0.3, 0.4) is 0 Å². The first-order chi connectivity index (χ1) is 16.6. The highest BCUT2D eigenvalue weighted by molar-refractivity contribution is 6.38. The molecule has 0 aliphatic heterocycles. The van der Waals surface area contributed by atoms with Gasteiger partial charge in [-0.3, -0.25) is 9.89 Å². The Morgan fingerprint density at radius 3 is 2.80 bits per heavy atom. The fourth-order valence-electron chi connectivity index (χ4n) is 3.25. The lowest BCUT2D eigenvalue weighted by Crippen LogP contribution is -2.40. The number of ether oxygens (including phenoxy) is 2. The Hall–Kier alpha value is -3.83. The van der Waals surface area contributed by atoms with Crippen molar-refractivity contribution in [3.8, 4) is 22.9 Å². The number of carbonyl (C=O) groups is 1. The monoisotopic (exact) mass is 499 g/mol. The summed E-state index contributed by atoms with van der Waals surface area (Å²) < 4.78 is 12.6. The number of hydrogen-bond donors (Lipinski definition) is 4. The third kappa shape index (κ3) is 5.64. The first kappa shape index (κ1) is 24.3. The molecule has 11 nitrogen and oxygen atoms in total. The fraction of sp³-hybridized carbons (Fsp3) is 0.304. The van der Waals surface area contributed by atoms with Gasteiger partial charge < -0.3 is 25.2 Å². The van der Waals surface area contributed by atoms with Crippen molar-refractivity contribution in [3.63, 3.8) is 0 Å². The van der Waals surface area contributed by atoms with E-state index in [1.165, 1.54) is 7.11 Å². The van der Waals surface area contributed by atoms with Crippen LogP contribution in [-0.4, -0.2) is 61.8 Å². The number of rotatable bonds is 9. The number of H-pyrrole nitrogens is 1. The molecule has 4 aromatic rings. The molecule has 0 saturated heterocycles. The summed E-state index contributed by atoms with van der Waals surface area (Å²) in [6.45, 7) is 3.11. The zero-order valence-electron chi connectivity index (χ0n) is 19.7. The van der Waals surface area contributed by atoms with Crippen LogP contribution in [0, 0.1) is 0 Å². The van der Waals surface area contributed by atoms with Crippen LogP contribution in [-0.2, 0) is 11.8 Å². The number of carbonyl (C=O) groups excluding carboxylic acids is 1. The third-order valence-corrected chi connectivity index (χ3v) is 5.47. The van der Waals surface area contributed by atoms with E-state index in [-0.39, 0.29) is 19.1 Å². The molecule has 12 heteroatoms. The molecule has 2 heterocycles. The number of nitrogens with zero attached hydrogens (tertiary/aromatic N) is 4. The van der Waals surface area contributed by atoms with Gasteiger partial charge in [0.2, 0.25) is 5.95 Å². The summed E-state index contributed by atoms with van der Waals surface area (Å²) in [5.74, 6) is 1.42. The van der Waals surface area contributed by atoms with E-state index >= 15 is 0 Å². The van der Waals surface area contributed by atoms with Gasteiger partial charge in [0.15, 0.2) is 23.9 Å². The summed E-state index contributed by atoms with van der Waals surface area (Å²) in [5.41, 5.74) is 1.20. The number of methoxy groups -OCH3 is 1. The molecule has 4 N–H and O–H groups in total. The first-order valence-corrected chi connectivity index (χ1v) is 11.1. The predicted octanol–water partition coefficient (Wildman–Crippen LogP) is 3.03. The Kier molecular flexibility index (Phi) is 6.81. The number of nitrogens with one attached hydrogen (secondary N) is 3. The molecule has 0 spiro atoms. The minimum Gasteiger partial charge on any atom is -0.493 e. The maximum absolute atomic E-state index is 12.0. The van der Waals surface area contributed by atoms with Crippen molar-refractivity contribution in [3.05, 3.63) is 41.6 Å². The third-order valence-electron chi connectivity index (χ3n) is 5.07. The number of benzene rings is 2. The van der Waals surface area contributed by atoms with Gasteiger partial charge in [-0.1, -0.05) is 11.6 Å². The van der Waals surface area contributed by atoms with E-state index in [1.54, 1.807) is 50.0 Å². The summed E-state index contributed by atoms with van der Waals surface area (Å²) >= 11 is 6.51. The Balaban J connectivity index is 1.48. The van der Waals surface area contributed by atoms with Gasteiger partial charge in [-0.2, -0.15) is 10.1 Å². The number of aromatic nitrogens is 5. The summed E-state index contributed by atoms with van der Waals surface area (Å²) in [4.78, 5) is 16.6. The van der Waals surface area contributed by atoms with Crippen molar-refractivity contribution in [1.29, 1.82) is 0 Å². The SMILES string of the molecule is COc1cc(-c2nc(Nc3ccc4[nH]ncc4c3Cl)n(C)n2)ccc1OCC(=O)NCC(C)(C)O. The number of hydrogen-bond acceptors (Lipinski definition) is 8. The van der Waals surface area contributed by atoms with E-state index in [4.69, 9.17) is 21.1 Å². The molecule has 0 aliphatic rings. The van der Waals surface area contributed by atoms with Crippen LogP contribution in [0.4, 0.5) is 11.6 Å². The molecule has 0 atom stereocenters.